The van der Waals surface area contributed by atoms with Crippen molar-refractivity contribution in [2.24, 2.45) is 0 Å². The van der Waals surface area contributed by atoms with Gasteiger partial charge in [-0.15, -0.1) is 0 Å². The molecule has 5 heteroatoms. The largest absolute Gasteiger partial charge is 0.393 e. The predicted octanol–water partition coefficient (Wildman–Crippen LogP) is 0.538. The fraction of sp³-hybridized carbons (Fsp3) is 0.636. The number of imidazole rings is 1. The van der Waals surface area contributed by atoms with Crippen molar-refractivity contribution in [2.45, 2.75) is 43.9 Å². The first-order chi connectivity index (χ1) is 7.75. The minimum atomic E-state index is -0.238. The molecule has 0 aliphatic carbocycles. The minimum Gasteiger partial charge on any atom is -0.393 e. The topological polar surface area (TPSA) is 69.2 Å². The van der Waals surface area contributed by atoms with E-state index < -0.39 is 0 Å². The molecule has 86 valence electrons. The molecule has 5 nitrogen and oxygen atoms in total. The fourth-order valence-corrected chi connectivity index (χ4v) is 2.98. The van der Waals surface area contributed by atoms with Crippen LogP contribution in [0.25, 0.3) is 0 Å². The molecule has 3 rings (SSSR count). The van der Waals surface area contributed by atoms with E-state index in [4.69, 9.17) is 0 Å². The molecule has 1 aromatic heterocycles. The van der Waals surface area contributed by atoms with E-state index in [1.165, 1.54) is 0 Å². The van der Waals surface area contributed by atoms with Gasteiger partial charge in [-0.3, -0.25) is 4.79 Å². The number of amides is 1. The lowest BCUT2D eigenvalue weighted by Crippen LogP contribution is -2.48. The summed E-state index contributed by atoms with van der Waals surface area (Å²) in [7, 11) is 0. The van der Waals surface area contributed by atoms with Gasteiger partial charge in [0.1, 0.15) is 0 Å². The van der Waals surface area contributed by atoms with Crippen LogP contribution in [0.5, 0.6) is 0 Å². The van der Waals surface area contributed by atoms with E-state index >= 15 is 0 Å². The molecule has 0 radical (unpaired) electrons. The summed E-state index contributed by atoms with van der Waals surface area (Å²) >= 11 is 0. The number of nitrogens with one attached hydrogen (secondary N) is 1. The van der Waals surface area contributed by atoms with Crippen molar-refractivity contribution in [3.63, 3.8) is 0 Å². The van der Waals surface area contributed by atoms with E-state index in [-0.39, 0.29) is 24.1 Å². The van der Waals surface area contributed by atoms with Crippen molar-refractivity contribution in [1.82, 2.24) is 14.9 Å². The number of carbonyl (C=O) groups is 1. The summed E-state index contributed by atoms with van der Waals surface area (Å²) in [5.41, 5.74) is 0. The zero-order valence-corrected chi connectivity index (χ0v) is 8.97. The molecule has 0 aromatic carbocycles. The van der Waals surface area contributed by atoms with Gasteiger partial charge in [0.05, 0.1) is 6.10 Å². The number of aromatic amines is 1. The van der Waals surface area contributed by atoms with Gasteiger partial charge >= 0.3 is 0 Å². The number of carbonyl (C=O) groups excluding carboxylic acids is 1. The van der Waals surface area contributed by atoms with Crippen LogP contribution < -0.4 is 0 Å². The fourth-order valence-electron chi connectivity index (χ4n) is 2.98. The Balaban J connectivity index is 1.84. The number of aromatic nitrogens is 2. The summed E-state index contributed by atoms with van der Waals surface area (Å²) < 4.78 is 0. The Hall–Kier alpha value is -1.36. The van der Waals surface area contributed by atoms with Gasteiger partial charge in [0.2, 0.25) is 0 Å². The summed E-state index contributed by atoms with van der Waals surface area (Å²) in [4.78, 5) is 20.9. The van der Waals surface area contributed by atoms with Gasteiger partial charge in [0, 0.05) is 24.5 Å². The van der Waals surface area contributed by atoms with Crippen molar-refractivity contribution in [3.05, 3.63) is 18.2 Å². The van der Waals surface area contributed by atoms with Crippen LogP contribution >= 0.6 is 0 Å². The van der Waals surface area contributed by atoms with Crippen LogP contribution in [0.4, 0.5) is 0 Å². The molecule has 3 atom stereocenters. The molecule has 3 heterocycles. The average Bonchev–Trinajstić information content (AvgIpc) is 2.85. The molecule has 2 aliphatic heterocycles. The Morgan fingerprint density at radius 2 is 2.12 bits per heavy atom. The molecular formula is C11H15N3O2. The quantitative estimate of drug-likeness (QED) is 0.727. The van der Waals surface area contributed by atoms with Crippen molar-refractivity contribution in [2.75, 3.05) is 0 Å². The second-order valence-corrected chi connectivity index (χ2v) is 4.66. The van der Waals surface area contributed by atoms with Crippen LogP contribution in [0.2, 0.25) is 0 Å². The molecular weight excluding hydrogens is 206 g/mol. The highest BCUT2D eigenvalue weighted by molar-refractivity contribution is 5.91. The van der Waals surface area contributed by atoms with Crippen molar-refractivity contribution < 1.29 is 9.90 Å². The summed E-state index contributed by atoms with van der Waals surface area (Å²) in [5, 5.41) is 9.66. The lowest BCUT2D eigenvalue weighted by molar-refractivity contribution is 0.0278. The Morgan fingerprint density at radius 3 is 2.69 bits per heavy atom. The zero-order valence-electron chi connectivity index (χ0n) is 8.97. The Morgan fingerprint density at radius 1 is 1.44 bits per heavy atom. The van der Waals surface area contributed by atoms with Crippen LogP contribution in [0.1, 0.15) is 36.3 Å². The first-order valence-corrected chi connectivity index (χ1v) is 5.76. The van der Waals surface area contributed by atoms with E-state index in [0.29, 0.717) is 18.7 Å². The van der Waals surface area contributed by atoms with E-state index in [1.54, 1.807) is 12.4 Å². The zero-order chi connectivity index (χ0) is 11.1. The van der Waals surface area contributed by atoms with E-state index in [0.717, 1.165) is 12.8 Å². The highest BCUT2D eigenvalue weighted by Gasteiger charge is 2.43. The smallest absolute Gasteiger partial charge is 0.290 e. The molecule has 0 spiro atoms. The number of rotatable bonds is 1. The molecule has 2 aliphatic rings. The van der Waals surface area contributed by atoms with Crippen molar-refractivity contribution >= 4 is 5.91 Å². The average molecular weight is 221 g/mol. The third kappa shape index (κ3) is 1.43. The first-order valence-electron chi connectivity index (χ1n) is 5.76. The van der Waals surface area contributed by atoms with Gasteiger partial charge in [-0.05, 0) is 25.7 Å². The molecule has 16 heavy (non-hydrogen) atoms. The number of aliphatic hydroxyl groups excluding tert-OH is 1. The summed E-state index contributed by atoms with van der Waals surface area (Å²) in [6.07, 6.45) is 6.45. The van der Waals surface area contributed by atoms with Crippen LogP contribution in [0.15, 0.2) is 12.4 Å². The molecule has 0 saturated carbocycles. The standard InChI is InChI=1S/C11H15N3O2/c15-9-5-7-1-2-8(6-9)14(7)11(16)10-12-3-4-13-10/h3-4,7-9,15H,1-2,5-6H2,(H,12,13)/t7-,8+,9?. The van der Waals surface area contributed by atoms with Gasteiger partial charge in [-0.2, -0.15) is 0 Å². The normalized spacial score (nSPS) is 33.1. The summed E-state index contributed by atoms with van der Waals surface area (Å²) in [5.74, 6) is 0.387. The second kappa shape index (κ2) is 3.59. The highest BCUT2D eigenvalue weighted by atomic mass is 16.3. The predicted molar refractivity (Wildman–Crippen MR) is 56.8 cm³/mol. The molecule has 2 fully saturated rings. The number of H-pyrrole nitrogens is 1. The Labute approximate surface area is 93.5 Å². The maximum atomic E-state index is 12.2. The van der Waals surface area contributed by atoms with E-state index in [2.05, 4.69) is 9.97 Å². The molecule has 1 amide bonds. The number of hydrogen-bond donors (Lipinski definition) is 2. The Kier molecular flexibility index (Phi) is 2.21. The minimum absolute atomic E-state index is 0.0237. The number of aliphatic hydroxyl groups is 1. The molecule has 1 unspecified atom stereocenters. The van der Waals surface area contributed by atoms with E-state index in [1.807, 2.05) is 4.90 Å². The summed E-state index contributed by atoms with van der Waals surface area (Å²) in [6.45, 7) is 0. The van der Waals surface area contributed by atoms with E-state index in [9.17, 15) is 9.90 Å². The number of fused-ring (bicyclic) bond motifs is 2. The maximum Gasteiger partial charge on any atom is 0.290 e. The SMILES string of the molecule is O=C(c1ncc[nH]1)N1[C@@H]2CC[C@H]1CC(O)C2. The van der Waals surface area contributed by atoms with Crippen LogP contribution in [0, 0.1) is 0 Å². The lowest BCUT2D eigenvalue weighted by atomic mass is 10.00. The summed E-state index contributed by atoms with van der Waals surface area (Å²) in [6, 6.07) is 0.401. The van der Waals surface area contributed by atoms with Gasteiger partial charge in [0.15, 0.2) is 5.82 Å². The van der Waals surface area contributed by atoms with Gasteiger partial charge in [0.25, 0.3) is 5.91 Å². The van der Waals surface area contributed by atoms with Gasteiger partial charge in [-0.1, -0.05) is 0 Å². The third-order valence-corrected chi connectivity index (χ3v) is 3.64. The van der Waals surface area contributed by atoms with Crippen molar-refractivity contribution in [1.29, 1.82) is 0 Å². The molecule has 2 saturated heterocycles. The molecule has 1 aromatic rings. The third-order valence-electron chi connectivity index (χ3n) is 3.64. The lowest BCUT2D eigenvalue weighted by Gasteiger charge is -2.36. The van der Waals surface area contributed by atoms with Crippen molar-refractivity contribution in [3.8, 4) is 0 Å². The Bertz CT molecular complexity index is 376. The van der Waals surface area contributed by atoms with Crippen LogP contribution in [0.3, 0.4) is 0 Å². The maximum absolute atomic E-state index is 12.2. The molecule has 2 bridgehead atoms. The highest BCUT2D eigenvalue weighted by Crippen LogP contribution is 2.36. The molecule has 2 N–H and O–H groups in total. The number of nitrogens with zero attached hydrogens (tertiary/aromatic N) is 2. The number of hydrogen-bond acceptors (Lipinski definition) is 3. The monoisotopic (exact) mass is 221 g/mol. The van der Waals surface area contributed by atoms with Gasteiger partial charge in [-0.25, -0.2) is 4.98 Å². The van der Waals surface area contributed by atoms with Crippen LogP contribution in [-0.4, -0.2) is 44.1 Å². The van der Waals surface area contributed by atoms with Gasteiger partial charge < -0.3 is 15.0 Å². The van der Waals surface area contributed by atoms with Crippen LogP contribution in [-0.2, 0) is 0 Å². The first kappa shape index (κ1) is 9.84. The number of piperidine rings is 1. The second-order valence-electron chi connectivity index (χ2n) is 4.66.